The number of carbonyl (C=O) groups is 1. The number of hydrogen-bond acceptors (Lipinski definition) is 2. The van der Waals surface area contributed by atoms with Gasteiger partial charge in [-0.2, -0.15) is 0 Å². The number of nitrogens with one attached hydrogen (secondary N) is 2. The lowest BCUT2D eigenvalue weighted by atomic mass is 10.0. The topological polar surface area (TPSA) is 41.1 Å². The first kappa shape index (κ1) is 12.4. The third-order valence-electron chi connectivity index (χ3n) is 2.29. The Labute approximate surface area is 81.3 Å². The van der Waals surface area contributed by atoms with Crippen LogP contribution >= 0.6 is 0 Å². The van der Waals surface area contributed by atoms with E-state index in [1.165, 1.54) is 0 Å². The van der Waals surface area contributed by atoms with Gasteiger partial charge in [-0.05, 0) is 34.2 Å². The first-order chi connectivity index (χ1) is 5.94. The molecule has 0 aromatic heterocycles. The second-order valence-electron chi connectivity index (χ2n) is 4.04. The highest BCUT2D eigenvalue weighted by Gasteiger charge is 2.25. The molecule has 0 saturated heterocycles. The highest BCUT2D eigenvalue weighted by atomic mass is 16.2. The van der Waals surface area contributed by atoms with E-state index in [9.17, 15) is 4.79 Å². The third-order valence-corrected chi connectivity index (χ3v) is 2.29. The summed E-state index contributed by atoms with van der Waals surface area (Å²) in [4.78, 5) is 11.6. The zero-order valence-corrected chi connectivity index (χ0v) is 9.40. The normalized spacial score (nSPS) is 13.9. The molecule has 0 aromatic rings. The third kappa shape index (κ3) is 4.27. The van der Waals surface area contributed by atoms with Crippen LogP contribution in [0.1, 0.15) is 40.5 Å². The summed E-state index contributed by atoms with van der Waals surface area (Å²) in [6, 6.07) is 0.269. The molecule has 78 valence electrons. The van der Waals surface area contributed by atoms with Crippen molar-refractivity contribution in [3.05, 3.63) is 0 Å². The van der Waals surface area contributed by atoms with Gasteiger partial charge in [-0.25, -0.2) is 0 Å². The first-order valence-electron chi connectivity index (χ1n) is 4.94. The van der Waals surface area contributed by atoms with E-state index in [1.54, 1.807) is 7.05 Å². The number of carbonyl (C=O) groups excluding carboxylic acids is 1. The zero-order valence-electron chi connectivity index (χ0n) is 9.40. The van der Waals surface area contributed by atoms with Crippen molar-refractivity contribution in [2.75, 3.05) is 7.05 Å². The van der Waals surface area contributed by atoms with Gasteiger partial charge in [0, 0.05) is 6.04 Å². The van der Waals surface area contributed by atoms with E-state index in [-0.39, 0.29) is 11.9 Å². The summed E-state index contributed by atoms with van der Waals surface area (Å²) in [5.41, 5.74) is -0.470. The summed E-state index contributed by atoms with van der Waals surface area (Å²) < 4.78 is 0. The molecule has 0 saturated carbocycles. The second-order valence-corrected chi connectivity index (χ2v) is 4.04. The van der Waals surface area contributed by atoms with Crippen molar-refractivity contribution in [3.63, 3.8) is 0 Å². The fourth-order valence-corrected chi connectivity index (χ4v) is 1.02. The van der Waals surface area contributed by atoms with Crippen molar-refractivity contribution in [2.45, 2.75) is 52.1 Å². The Morgan fingerprint density at radius 1 is 1.46 bits per heavy atom. The van der Waals surface area contributed by atoms with E-state index in [0.717, 1.165) is 12.8 Å². The Kier molecular flexibility index (Phi) is 4.99. The highest BCUT2D eigenvalue weighted by Crippen LogP contribution is 2.03. The minimum absolute atomic E-state index is 0.0657. The van der Waals surface area contributed by atoms with Crippen LogP contribution in [0.25, 0.3) is 0 Å². The van der Waals surface area contributed by atoms with Gasteiger partial charge >= 0.3 is 0 Å². The quantitative estimate of drug-likeness (QED) is 0.679. The molecule has 0 heterocycles. The highest BCUT2D eigenvalue weighted by molar-refractivity contribution is 5.85. The fraction of sp³-hybridized carbons (Fsp3) is 0.900. The van der Waals surface area contributed by atoms with Gasteiger partial charge in [-0.1, -0.05) is 13.3 Å². The Morgan fingerprint density at radius 3 is 2.38 bits per heavy atom. The molecule has 0 rings (SSSR count). The largest absolute Gasteiger partial charge is 0.352 e. The van der Waals surface area contributed by atoms with E-state index >= 15 is 0 Å². The van der Waals surface area contributed by atoms with Crippen LogP contribution in [0.15, 0.2) is 0 Å². The lowest BCUT2D eigenvalue weighted by molar-refractivity contribution is -0.126. The van der Waals surface area contributed by atoms with Crippen molar-refractivity contribution < 1.29 is 4.79 Å². The van der Waals surface area contributed by atoms with Crippen LogP contribution in [-0.4, -0.2) is 24.5 Å². The first-order valence-corrected chi connectivity index (χ1v) is 4.94. The summed E-state index contributed by atoms with van der Waals surface area (Å²) in [7, 11) is 1.80. The standard InChI is InChI=1S/C10H22N2O/c1-6-7-8(2)12-9(13)10(3,4)11-5/h8,11H,6-7H2,1-5H3,(H,12,13). The summed E-state index contributed by atoms with van der Waals surface area (Å²) in [6.07, 6.45) is 2.13. The molecule has 1 atom stereocenters. The van der Waals surface area contributed by atoms with Gasteiger partial charge in [0.25, 0.3) is 0 Å². The maximum absolute atomic E-state index is 11.6. The van der Waals surface area contributed by atoms with Gasteiger partial charge in [0.2, 0.25) is 5.91 Å². The van der Waals surface area contributed by atoms with Crippen LogP contribution in [0.4, 0.5) is 0 Å². The van der Waals surface area contributed by atoms with Crippen molar-refractivity contribution in [1.29, 1.82) is 0 Å². The molecule has 1 amide bonds. The molecule has 13 heavy (non-hydrogen) atoms. The van der Waals surface area contributed by atoms with Gasteiger partial charge < -0.3 is 10.6 Å². The average molecular weight is 186 g/mol. The average Bonchev–Trinajstić information content (AvgIpc) is 2.04. The van der Waals surface area contributed by atoms with Crippen LogP contribution in [0.2, 0.25) is 0 Å². The van der Waals surface area contributed by atoms with E-state index < -0.39 is 5.54 Å². The lowest BCUT2D eigenvalue weighted by Gasteiger charge is -2.25. The van der Waals surface area contributed by atoms with Gasteiger partial charge in [-0.15, -0.1) is 0 Å². The molecular formula is C10H22N2O. The van der Waals surface area contributed by atoms with Crippen molar-refractivity contribution >= 4 is 5.91 Å². The summed E-state index contributed by atoms with van der Waals surface area (Å²) in [6.45, 7) is 7.90. The predicted octanol–water partition coefficient (Wildman–Crippen LogP) is 1.29. The van der Waals surface area contributed by atoms with Crippen LogP contribution in [0.3, 0.4) is 0 Å². The van der Waals surface area contributed by atoms with Crippen molar-refractivity contribution in [1.82, 2.24) is 10.6 Å². The number of hydrogen-bond donors (Lipinski definition) is 2. The summed E-state index contributed by atoms with van der Waals surface area (Å²) in [5.74, 6) is 0.0657. The number of likely N-dealkylation sites (N-methyl/N-ethyl adjacent to an activating group) is 1. The van der Waals surface area contributed by atoms with Gasteiger partial charge in [0.15, 0.2) is 0 Å². The molecule has 0 aliphatic rings. The van der Waals surface area contributed by atoms with Crippen molar-refractivity contribution in [3.8, 4) is 0 Å². The zero-order chi connectivity index (χ0) is 10.5. The smallest absolute Gasteiger partial charge is 0.239 e. The van der Waals surface area contributed by atoms with Gasteiger partial charge in [-0.3, -0.25) is 4.79 Å². The molecule has 2 N–H and O–H groups in total. The summed E-state index contributed by atoms with van der Waals surface area (Å²) in [5, 5.41) is 5.95. The number of rotatable bonds is 5. The minimum Gasteiger partial charge on any atom is -0.352 e. The van der Waals surface area contributed by atoms with Crippen LogP contribution in [0.5, 0.6) is 0 Å². The Morgan fingerprint density at radius 2 is 2.00 bits per heavy atom. The Balaban J connectivity index is 3.99. The monoisotopic (exact) mass is 186 g/mol. The lowest BCUT2D eigenvalue weighted by Crippen LogP contribution is -2.53. The molecule has 0 spiro atoms. The van der Waals surface area contributed by atoms with E-state index in [1.807, 2.05) is 20.8 Å². The SMILES string of the molecule is CCCC(C)NC(=O)C(C)(C)NC. The van der Waals surface area contributed by atoms with E-state index in [4.69, 9.17) is 0 Å². The molecule has 0 radical (unpaired) electrons. The molecular weight excluding hydrogens is 164 g/mol. The Hall–Kier alpha value is -0.570. The molecule has 0 aliphatic carbocycles. The Bertz CT molecular complexity index is 166. The van der Waals surface area contributed by atoms with E-state index in [0.29, 0.717) is 0 Å². The maximum atomic E-state index is 11.6. The van der Waals surface area contributed by atoms with Crippen LogP contribution in [0, 0.1) is 0 Å². The fourth-order valence-electron chi connectivity index (χ4n) is 1.02. The molecule has 0 aromatic carbocycles. The molecule has 0 fully saturated rings. The van der Waals surface area contributed by atoms with Gasteiger partial charge in [0.1, 0.15) is 0 Å². The number of amides is 1. The van der Waals surface area contributed by atoms with E-state index in [2.05, 4.69) is 17.6 Å². The molecule has 1 unspecified atom stereocenters. The molecule has 3 heteroatoms. The van der Waals surface area contributed by atoms with Crippen LogP contribution < -0.4 is 10.6 Å². The predicted molar refractivity (Wildman–Crippen MR) is 55.7 cm³/mol. The molecule has 3 nitrogen and oxygen atoms in total. The summed E-state index contributed by atoms with van der Waals surface area (Å²) >= 11 is 0. The minimum atomic E-state index is -0.470. The van der Waals surface area contributed by atoms with Crippen LogP contribution in [-0.2, 0) is 4.79 Å². The van der Waals surface area contributed by atoms with Crippen molar-refractivity contribution in [2.24, 2.45) is 0 Å². The second kappa shape index (κ2) is 5.22. The molecule has 0 aliphatic heterocycles. The van der Waals surface area contributed by atoms with Gasteiger partial charge in [0.05, 0.1) is 5.54 Å². The maximum Gasteiger partial charge on any atom is 0.239 e. The molecule has 0 bridgehead atoms.